The summed E-state index contributed by atoms with van der Waals surface area (Å²) in [5.74, 6) is 0.161. The standard InChI is InChI=1S/C17H18N2O4/c1-12(13-6-4-3-5-7-13)10-17(20)18-15-9-8-14(19(21)22)11-16(15)23-2/h3-9,11-12H,10H2,1-2H3,(H,18,20)/t12-/m1/s1. The molecule has 2 aromatic rings. The average Bonchev–Trinajstić information content (AvgIpc) is 2.55. The number of nitrogens with zero attached hydrogens (tertiary/aromatic N) is 1. The van der Waals surface area contributed by atoms with Gasteiger partial charge in [-0.25, -0.2) is 0 Å². The molecule has 0 aliphatic carbocycles. The van der Waals surface area contributed by atoms with Gasteiger partial charge in [0.1, 0.15) is 5.75 Å². The SMILES string of the molecule is COc1cc([N+](=O)[O-])ccc1NC(=O)C[C@@H](C)c1ccccc1. The molecule has 0 saturated carbocycles. The summed E-state index contributed by atoms with van der Waals surface area (Å²) >= 11 is 0. The Balaban J connectivity index is 2.07. The van der Waals surface area contributed by atoms with E-state index in [1.54, 1.807) is 0 Å². The van der Waals surface area contributed by atoms with Crippen LogP contribution in [0, 0.1) is 10.1 Å². The van der Waals surface area contributed by atoms with E-state index in [1.807, 2.05) is 37.3 Å². The molecule has 6 nitrogen and oxygen atoms in total. The molecule has 0 fully saturated rings. The number of benzene rings is 2. The minimum Gasteiger partial charge on any atom is -0.494 e. The van der Waals surface area contributed by atoms with Crippen LogP contribution in [-0.2, 0) is 4.79 Å². The molecule has 0 aliphatic heterocycles. The molecule has 120 valence electrons. The molecule has 1 N–H and O–H groups in total. The van der Waals surface area contributed by atoms with Crippen LogP contribution in [0.4, 0.5) is 11.4 Å². The molecule has 0 spiro atoms. The molecule has 0 aliphatic rings. The van der Waals surface area contributed by atoms with E-state index in [-0.39, 0.29) is 23.3 Å². The molecule has 0 unspecified atom stereocenters. The first-order valence-corrected chi connectivity index (χ1v) is 7.18. The molecule has 2 rings (SSSR count). The molecule has 6 heteroatoms. The lowest BCUT2D eigenvalue weighted by Gasteiger charge is -2.13. The van der Waals surface area contributed by atoms with Crippen LogP contribution in [-0.4, -0.2) is 17.9 Å². The molecule has 0 saturated heterocycles. The van der Waals surface area contributed by atoms with Gasteiger partial charge in [-0.15, -0.1) is 0 Å². The third kappa shape index (κ3) is 4.29. The van der Waals surface area contributed by atoms with E-state index < -0.39 is 4.92 Å². The lowest BCUT2D eigenvalue weighted by atomic mass is 9.97. The number of carbonyl (C=O) groups is 1. The first-order valence-electron chi connectivity index (χ1n) is 7.18. The van der Waals surface area contributed by atoms with Gasteiger partial charge in [0.05, 0.1) is 23.8 Å². The van der Waals surface area contributed by atoms with Gasteiger partial charge in [0.2, 0.25) is 5.91 Å². The van der Waals surface area contributed by atoms with Crippen molar-refractivity contribution in [2.75, 3.05) is 12.4 Å². The van der Waals surface area contributed by atoms with Gasteiger partial charge in [0, 0.05) is 12.5 Å². The van der Waals surface area contributed by atoms with Crippen molar-refractivity contribution in [3.8, 4) is 5.75 Å². The lowest BCUT2D eigenvalue weighted by Crippen LogP contribution is -2.15. The second-order valence-corrected chi connectivity index (χ2v) is 5.21. The third-order valence-corrected chi connectivity index (χ3v) is 3.53. The molecule has 1 atom stereocenters. The van der Waals surface area contributed by atoms with Crippen molar-refractivity contribution in [3.63, 3.8) is 0 Å². The Bertz CT molecular complexity index is 701. The summed E-state index contributed by atoms with van der Waals surface area (Å²) in [6.07, 6.45) is 0.310. The Labute approximate surface area is 134 Å². The number of hydrogen-bond acceptors (Lipinski definition) is 4. The quantitative estimate of drug-likeness (QED) is 0.650. The van der Waals surface area contributed by atoms with Crippen molar-refractivity contribution in [2.24, 2.45) is 0 Å². The largest absolute Gasteiger partial charge is 0.494 e. The summed E-state index contributed by atoms with van der Waals surface area (Å²) in [6, 6.07) is 13.8. The van der Waals surface area contributed by atoms with Gasteiger partial charge in [-0.3, -0.25) is 14.9 Å². The first-order chi connectivity index (χ1) is 11.0. The highest BCUT2D eigenvalue weighted by Crippen LogP contribution is 2.29. The summed E-state index contributed by atoms with van der Waals surface area (Å²) in [7, 11) is 1.40. The number of rotatable bonds is 6. The number of nitro groups is 1. The Morgan fingerprint density at radius 2 is 1.96 bits per heavy atom. The maximum atomic E-state index is 12.2. The van der Waals surface area contributed by atoms with E-state index in [0.29, 0.717) is 12.1 Å². The zero-order valence-electron chi connectivity index (χ0n) is 13.0. The normalized spacial score (nSPS) is 11.6. The van der Waals surface area contributed by atoms with Crippen molar-refractivity contribution in [2.45, 2.75) is 19.3 Å². The van der Waals surface area contributed by atoms with Crippen LogP contribution < -0.4 is 10.1 Å². The van der Waals surface area contributed by atoms with Crippen LogP contribution in [0.2, 0.25) is 0 Å². The number of hydrogen-bond donors (Lipinski definition) is 1. The smallest absolute Gasteiger partial charge is 0.273 e. The zero-order chi connectivity index (χ0) is 16.8. The highest BCUT2D eigenvalue weighted by Gasteiger charge is 2.15. The van der Waals surface area contributed by atoms with Crippen LogP contribution in [0.1, 0.15) is 24.8 Å². The van der Waals surface area contributed by atoms with Crippen LogP contribution >= 0.6 is 0 Å². The van der Waals surface area contributed by atoms with Crippen molar-refractivity contribution in [1.29, 1.82) is 0 Å². The van der Waals surface area contributed by atoms with Crippen molar-refractivity contribution < 1.29 is 14.5 Å². The fraction of sp³-hybridized carbons (Fsp3) is 0.235. The first kappa shape index (κ1) is 16.5. The topological polar surface area (TPSA) is 81.5 Å². The Hall–Kier alpha value is -2.89. The molecular weight excluding hydrogens is 296 g/mol. The molecule has 0 bridgehead atoms. The number of nitrogens with one attached hydrogen (secondary N) is 1. The van der Waals surface area contributed by atoms with E-state index in [4.69, 9.17) is 4.74 Å². The lowest BCUT2D eigenvalue weighted by molar-refractivity contribution is -0.384. The molecule has 1 amide bonds. The van der Waals surface area contributed by atoms with Crippen LogP contribution in [0.3, 0.4) is 0 Å². The van der Waals surface area contributed by atoms with Crippen molar-refractivity contribution in [1.82, 2.24) is 0 Å². The molecule has 0 heterocycles. The van der Waals surface area contributed by atoms with Crippen molar-refractivity contribution >= 4 is 17.3 Å². The van der Waals surface area contributed by atoms with Crippen LogP contribution in [0.15, 0.2) is 48.5 Å². The minimum atomic E-state index is -0.508. The molecule has 0 aromatic heterocycles. The number of non-ortho nitro benzene ring substituents is 1. The number of amides is 1. The van der Waals surface area contributed by atoms with Gasteiger partial charge in [0.15, 0.2) is 0 Å². The summed E-state index contributed by atoms with van der Waals surface area (Å²) < 4.78 is 5.11. The van der Waals surface area contributed by atoms with Gasteiger partial charge in [0.25, 0.3) is 5.69 Å². The summed E-state index contributed by atoms with van der Waals surface area (Å²) in [4.78, 5) is 22.4. The van der Waals surface area contributed by atoms with Gasteiger partial charge in [-0.2, -0.15) is 0 Å². The van der Waals surface area contributed by atoms with E-state index >= 15 is 0 Å². The number of anilines is 1. The Morgan fingerprint density at radius 1 is 1.26 bits per heavy atom. The number of ether oxygens (including phenoxy) is 1. The van der Waals surface area contributed by atoms with Gasteiger partial charge < -0.3 is 10.1 Å². The van der Waals surface area contributed by atoms with E-state index in [9.17, 15) is 14.9 Å². The Morgan fingerprint density at radius 3 is 2.57 bits per heavy atom. The Kier molecular flexibility index (Phi) is 5.30. The monoisotopic (exact) mass is 314 g/mol. The maximum absolute atomic E-state index is 12.2. The van der Waals surface area contributed by atoms with E-state index in [0.717, 1.165) is 5.56 Å². The second kappa shape index (κ2) is 7.40. The molecular formula is C17H18N2O4. The second-order valence-electron chi connectivity index (χ2n) is 5.21. The number of nitro benzene ring substituents is 1. The zero-order valence-corrected chi connectivity index (χ0v) is 13.0. The van der Waals surface area contributed by atoms with Crippen LogP contribution in [0.25, 0.3) is 0 Å². The van der Waals surface area contributed by atoms with E-state index in [2.05, 4.69) is 5.32 Å². The predicted octanol–water partition coefficient (Wildman–Crippen LogP) is 3.74. The van der Waals surface area contributed by atoms with Crippen molar-refractivity contribution in [3.05, 3.63) is 64.2 Å². The number of carbonyl (C=O) groups excluding carboxylic acids is 1. The maximum Gasteiger partial charge on any atom is 0.273 e. The fourth-order valence-corrected chi connectivity index (χ4v) is 2.28. The number of methoxy groups -OCH3 is 1. The van der Waals surface area contributed by atoms with Gasteiger partial charge in [-0.1, -0.05) is 37.3 Å². The van der Waals surface area contributed by atoms with Gasteiger partial charge in [-0.05, 0) is 17.5 Å². The highest BCUT2D eigenvalue weighted by atomic mass is 16.6. The molecule has 2 aromatic carbocycles. The molecule has 23 heavy (non-hydrogen) atoms. The molecule has 0 radical (unpaired) electrons. The minimum absolute atomic E-state index is 0.0697. The predicted molar refractivity (Wildman–Crippen MR) is 87.8 cm³/mol. The summed E-state index contributed by atoms with van der Waals surface area (Å²) in [6.45, 7) is 1.97. The summed E-state index contributed by atoms with van der Waals surface area (Å²) in [5.41, 5.74) is 1.42. The fourth-order valence-electron chi connectivity index (χ4n) is 2.28. The summed E-state index contributed by atoms with van der Waals surface area (Å²) in [5, 5.41) is 13.5. The van der Waals surface area contributed by atoms with Gasteiger partial charge >= 0.3 is 0 Å². The average molecular weight is 314 g/mol. The third-order valence-electron chi connectivity index (χ3n) is 3.53. The highest BCUT2D eigenvalue weighted by molar-refractivity contribution is 5.93. The van der Waals surface area contributed by atoms with E-state index in [1.165, 1.54) is 25.3 Å². The van der Waals surface area contributed by atoms with Crippen LogP contribution in [0.5, 0.6) is 5.75 Å².